The minimum atomic E-state index is -0.694. The number of rotatable bonds is 5. The molecule has 1 heterocycles. The Hall–Kier alpha value is -2.99. The lowest BCUT2D eigenvalue weighted by atomic mass is 10.2. The molecule has 2 N–H and O–H groups in total. The average molecular weight is 374 g/mol. The van der Waals surface area contributed by atoms with E-state index in [2.05, 4.69) is 15.6 Å². The fraction of sp³-hybridized carbons (Fsp3) is 0.0526. The molecule has 0 spiro atoms. The quantitative estimate of drug-likeness (QED) is 0.670. The summed E-state index contributed by atoms with van der Waals surface area (Å²) < 4.78 is 26.6. The summed E-state index contributed by atoms with van der Waals surface area (Å²) in [7, 11) is 0. The summed E-state index contributed by atoms with van der Waals surface area (Å²) in [5.41, 5.74) is 1.09. The summed E-state index contributed by atoms with van der Waals surface area (Å²) in [6.07, 6.45) is 1.44. The first-order valence-corrected chi connectivity index (χ1v) is 8.10. The van der Waals surface area contributed by atoms with Gasteiger partial charge in [-0.05, 0) is 42.0 Å². The Morgan fingerprint density at radius 3 is 2.46 bits per heavy atom. The van der Waals surface area contributed by atoms with E-state index in [-0.39, 0.29) is 16.4 Å². The van der Waals surface area contributed by atoms with Gasteiger partial charge in [-0.15, -0.1) is 0 Å². The molecule has 0 saturated heterocycles. The van der Waals surface area contributed by atoms with Gasteiger partial charge in [0.25, 0.3) is 5.91 Å². The summed E-state index contributed by atoms with van der Waals surface area (Å²) in [4.78, 5) is 16.3. The van der Waals surface area contributed by atoms with Crippen molar-refractivity contribution in [3.8, 4) is 0 Å². The van der Waals surface area contributed by atoms with Crippen LogP contribution in [0.2, 0.25) is 5.02 Å². The van der Waals surface area contributed by atoms with Crippen LogP contribution in [0, 0.1) is 11.6 Å². The number of nitrogens with zero attached hydrogens (tertiary/aromatic N) is 1. The van der Waals surface area contributed by atoms with Crippen molar-refractivity contribution in [3.63, 3.8) is 0 Å². The highest BCUT2D eigenvalue weighted by atomic mass is 35.5. The normalized spacial score (nSPS) is 10.4. The number of carbonyl (C=O) groups excluding carboxylic acids is 1. The number of anilines is 2. The molecule has 0 saturated carbocycles. The fourth-order valence-electron chi connectivity index (χ4n) is 2.28. The van der Waals surface area contributed by atoms with Crippen LogP contribution in [0.5, 0.6) is 0 Å². The van der Waals surface area contributed by atoms with Crippen molar-refractivity contribution < 1.29 is 13.6 Å². The van der Waals surface area contributed by atoms with Gasteiger partial charge in [0, 0.05) is 6.54 Å². The minimum Gasteiger partial charge on any atom is -0.366 e. The lowest BCUT2D eigenvalue weighted by molar-refractivity contribution is 0.102. The molecule has 26 heavy (non-hydrogen) atoms. The molecule has 3 rings (SSSR count). The zero-order valence-electron chi connectivity index (χ0n) is 13.5. The van der Waals surface area contributed by atoms with Gasteiger partial charge in [0.05, 0.1) is 22.5 Å². The van der Waals surface area contributed by atoms with E-state index in [9.17, 15) is 13.6 Å². The Morgan fingerprint density at radius 1 is 1.04 bits per heavy atom. The third-order valence-electron chi connectivity index (χ3n) is 3.60. The molecular weight excluding hydrogens is 360 g/mol. The lowest BCUT2D eigenvalue weighted by Crippen LogP contribution is -2.14. The van der Waals surface area contributed by atoms with E-state index in [4.69, 9.17) is 11.6 Å². The number of hydrogen-bond acceptors (Lipinski definition) is 3. The van der Waals surface area contributed by atoms with Crippen LogP contribution < -0.4 is 10.6 Å². The van der Waals surface area contributed by atoms with E-state index in [1.165, 1.54) is 36.5 Å². The first-order chi connectivity index (χ1) is 12.5. The van der Waals surface area contributed by atoms with E-state index in [0.29, 0.717) is 18.1 Å². The zero-order chi connectivity index (χ0) is 18.5. The van der Waals surface area contributed by atoms with Crippen LogP contribution in [0.25, 0.3) is 0 Å². The maximum absolute atomic E-state index is 13.8. The van der Waals surface area contributed by atoms with E-state index >= 15 is 0 Å². The number of nitrogens with one attached hydrogen (secondary N) is 2. The Kier molecular flexibility index (Phi) is 5.43. The molecule has 1 amide bonds. The van der Waals surface area contributed by atoms with Gasteiger partial charge in [0.15, 0.2) is 0 Å². The second kappa shape index (κ2) is 7.93. The predicted molar refractivity (Wildman–Crippen MR) is 97.3 cm³/mol. The van der Waals surface area contributed by atoms with Gasteiger partial charge < -0.3 is 10.6 Å². The number of benzene rings is 2. The largest absolute Gasteiger partial charge is 0.366 e. The Balaban J connectivity index is 1.62. The highest BCUT2D eigenvalue weighted by molar-refractivity contribution is 6.34. The molecule has 1 aromatic heterocycles. The highest BCUT2D eigenvalue weighted by Gasteiger charge is 2.15. The topological polar surface area (TPSA) is 54.0 Å². The Bertz CT molecular complexity index is 895. The highest BCUT2D eigenvalue weighted by Crippen LogP contribution is 2.20. The van der Waals surface area contributed by atoms with Crippen molar-refractivity contribution in [1.82, 2.24) is 4.98 Å². The van der Waals surface area contributed by atoms with Crippen molar-refractivity contribution >= 4 is 29.0 Å². The van der Waals surface area contributed by atoms with E-state index in [0.717, 1.165) is 5.56 Å². The van der Waals surface area contributed by atoms with E-state index in [1.54, 1.807) is 24.3 Å². The van der Waals surface area contributed by atoms with Gasteiger partial charge >= 0.3 is 0 Å². The molecule has 0 aliphatic carbocycles. The second-order valence-corrected chi connectivity index (χ2v) is 5.87. The Labute approximate surface area is 153 Å². The van der Waals surface area contributed by atoms with Crippen molar-refractivity contribution in [2.45, 2.75) is 6.54 Å². The zero-order valence-corrected chi connectivity index (χ0v) is 14.2. The maximum atomic E-state index is 13.8. The molecule has 0 aliphatic rings. The average Bonchev–Trinajstić information content (AvgIpc) is 2.62. The van der Waals surface area contributed by atoms with Crippen LogP contribution in [0.15, 0.2) is 60.8 Å². The van der Waals surface area contributed by atoms with Gasteiger partial charge in [0.1, 0.15) is 17.5 Å². The molecule has 0 fully saturated rings. The first kappa shape index (κ1) is 17.8. The number of pyridine rings is 1. The number of carbonyl (C=O) groups is 1. The molecule has 7 heteroatoms. The third kappa shape index (κ3) is 4.34. The SMILES string of the molecule is O=C(Nc1ccc(NCc2ccc(F)cc2)nc1)c1c(F)cccc1Cl. The van der Waals surface area contributed by atoms with Crippen LogP contribution in [0.4, 0.5) is 20.3 Å². The molecule has 0 aliphatic heterocycles. The molecule has 2 aromatic carbocycles. The Morgan fingerprint density at radius 2 is 1.81 bits per heavy atom. The summed E-state index contributed by atoms with van der Waals surface area (Å²) >= 11 is 5.88. The second-order valence-electron chi connectivity index (χ2n) is 5.46. The number of amides is 1. The van der Waals surface area contributed by atoms with Crippen LogP contribution in [-0.2, 0) is 6.54 Å². The first-order valence-electron chi connectivity index (χ1n) is 7.72. The molecule has 0 atom stereocenters. The van der Waals surface area contributed by atoms with Gasteiger partial charge in [0.2, 0.25) is 0 Å². The maximum Gasteiger partial charge on any atom is 0.260 e. The number of aromatic nitrogens is 1. The van der Waals surface area contributed by atoms with Crippen molar-refractivity contribution in [2.24, 2.45) is 0 Å². The van der Waals surface area contributed by atoms with Crippen LogP contribution in [0.1, 0.15) is 15.9 Å². The van der Waals surface area contributed by atoms with Crippen molar-refractivity contribution in [2.75, 3.05) is 10.6 Å². The molecule has 0 unspecified atom stereocenters. The standard InChI is InChI=1S/C19H14ClF2N3O/c20-15-2-1-3-16(22)18(15)19(26)25-14-8-9-17(24-11-14)23-10-12-4-6-13(21)7-5-12/h1-9,11H,10H2,(H,23,24)(H,25,26). The van der Waals surface area contributed by atoms with Crippen molar-refractivity contribution in [1.29, 1.82) is 0 Å². The summed E-state index contributed by atoms with van der Waals surface area (Å²) in [5.74, 6) is -1.05. The third-order valence-corrected chi connectivity index (χ3v) is 3.91. The summed E-state index contributed by atoms with van der Waals surface area (Å²) in [6.45, 7) is 0.476. The molecule has 0 bridgehead atoms. The van der Waals surface area contributed by atoms with Crippen LogP contribution in [0.3, 0.4) is 0 Å². The molecule has 3 aromatic rings. The molecule has 132 valence electrons. The predicted octanol–water partition coefficient (Wildman–Crippen LogP) is 4.88. The van der Waals surface area contributed by atoms with Gasteiger partial charge in [-0.2, -0.15) is 0 Å². The number of halogens is 3. The number of hydrogen-bond donors (Lipinski definition) is 2. The fourth-order valence-corrected chi connectivity index (χ4v) is 2.52. The van der Waals surface area contributed by atoms with Gasteiger partial charge in [-0.3, -0.25) is 4.79 Å². The van der Waals surface area contributed by atoms with E-state index < -0.39 is 11.7 Å². The summed E-state index contributed by atoms with van der Waals surface area (Å²) in [5, 5.41) is 5.67. The minimum absolute atomic E-state index is 0.0352. The van der Waals surface area contributed by atoms with Crippen molar-refractivity contribution in [3.05, 3.63) is 88.6 Å². The smallest absolute Gasteiger partial charge is 0.260 e. The molecule has 0 radical (unpaired) electrons. The molecular formula is C19H14ClF2N3O. The summed E-state index contributed by atoms with van der Waals surface area (Å²) in [6, 6.07) is 13.5. The molecule has 4 nitrogen and oxygen atoms in total. The van der Waals surface area contributed by atoms with E-state index in [1.807, 2.05) is 0 Å². The van der Waals surface area contributed by atoms with Gasteiger partial charge in [-0.25, -0.2) is 13.8 Å². The lowest BCUT2D eigenvalue weighted by Gasteiger charge is -2.09. The van der Waals surface area contributed by atoms with Crippen LogP contribution in [-0.4, -0.2) is 10.9 Å². The van der Waals surface area contributed by atoms with Crippen LogP contribution >= 0.6 is 11.6 Å². The van der Waals surface area contributed by atoms with Gasteiger partial charge in [-0.1, -0.05) is 29.8 Å². The monoisotopic (exact) mass is 373 g/mol.